The highest BCUT2D eigenvalue weighted by Gasteiger charge is 2.24. The first kappa shape index (κ1) is 20.4. The third-order valence-corrected chi connectivity index (χ3v) is 6.65. The van der Waals surface area contributed by atoms with Crippen LogP contribution in [0.4, 0.5) is 0 Å². The molecule has 0 aliphatic carbocycles. The van der Waals surface area contributed by atoms with Crippen LogP contribution in [0.25, 0.3) is 11.3 Å². The molecule has 0 fully saturated rings. The van der Waals surface area contributed by atoms with Crippen molar-refractivity contribution in [1.82, 2.24) is 20.2 Å². The maximum absolute atomic E-state index is 12.6. The summed E-state index contributed by atoms with van der Waals surface area (Å²) in [4.78, 5) is 21.5. The first-order chi connectivity index (χ1) is 14.6. The largest absolute Gasteiger partial charge is 0.416 e. The fourth-order valence-electron chi connectivity index (χ4n) is 2.66. The average molecular weight is 454 g/mol. The Hall–Kier alpha value is -2.87. The molecule has 150 valence electrons. The Labute approximate surface area is 184 Å². The summed E-state index contributed by atoms with van der Waals surface area (Å²) in [6.45, 7) is 1.94. The molecular formula is C20H15N5O2S3. The molecule has 0 spiro atoms. The quantitative estimate of drug-likeness (QED) is 0.359. The number of rotatable bonds is 8. The van der Waals surface area contributed by atoms with E-state index in [-0.39, 0.29) is 11.5 Å². The zero-order valence-corrected chi connectivity index (χ0v) is 18.3. The van der Waals surface area contributed by atoms with Crippen LogP contribution in [0, 0.1) is 18.3 Å². The summed E-state index contributed by atoms with van der Waals surface area (Å²) in [5, 5.41) is 23.1. The normalized spacial score (nSPS) is 11.9. The number of carbonyl (C=O) groups is 1. The second-order valence-electron chi connectivity index (χ2n) is 6.25. The molecule has 3 heterocycles. The van der Waals surface area contributed by atoms with Gasteiger partial charge in [-0.2, -0.15) is 5.26 Å². The standard InChI is InChI=1S/C20H15N5O2S3/c1-12-22-14(9-28-12)7-18-24-25-20(27-18)30-11-17(26)15(8-21)19-23-16(10-29-19)13-5-3-2-4-6-13/h2-6,9-10,15H,7,11H2,1H3. The maximum Gasteiger partial charge on any atom is 0.277 e. The van der Waals surface area contributed by atoms with E-state index in [1.54, 1.807) is 11.3 Å². The molecule has 3 aromatic heterocycles. The summed E-state index contributed by atoms with van der Waals surface area (Å²) in [6, 6.07) is 11.7. The van der Waals surface area contributed by atoms with Gasteiger partial charge in [0.2, 0.25) is 5.89 Å². The predicted molar refractivity (Wildman–Crippen MR) is 116 cm³/mol. The van der Waals surface area contributed by atoms with Gasteiger partial charge in [0.15, 0.2) is 11.7 Å². The smallest absolute Gasteiger partial charge is 0.277 e. The van der Waals surface area contributed by atoms with Crippen molar-refractivity contribution in [2.45, 2.75) is 24.5 Å². The van der Waals surface area contributed by atoms with Crippen LogP contribution < -0.4 is 0 Å². The summed E-state index contributed by atoms with van der Waals surface area (Å²) >= 11 is 4.00. The molecule has 0 bridgehead atoms. The zero-order valence-electron chi connectivity index (χ0n) is 15.8. The van der Waals surface area contributed by atoms with E-state index >= 15 is 0 Å². The van der Waals surface area contributed by atoms with E-state index < -0.39 is 5.92 Å². The number of carbonyl (C=O) groups excluding carboxylic acids is 1. The van der Waals surface area contributed by atoms with Crippen molar-refractivity contribution >= 4 is 40.2 Å². The number of aromatic nitrogens is 4. The van der Waals surface area contributed by atoms with E-state index in [0.29, 0.717) is 22.5 Å². The number of ketones is 1. The summed E-state index contributed by atoms with van der Waals surface area (Å²) in [5.41, 5.74) is 2.58. The van der Waals surface area contributed by atoms with Crippen molar-refractivity contribution in [2.75, 3.05) is 5.75 Å². The molecular weight excluding hydrogens is 438 g/mol. The van der Waals surface area contributed by atoms with Gasteiger partial charge in [-0.1, -0.05) is 42.1 Å². The van der Waals surface area contributed by atoms with E-state index in [0.717, 1.165) is 33.7 Å². The van der Waals surface area contributed by atoms with Gasteiger partial charge in [0.1, 0.15) is 5.01 Å². The molecule has 0 aliphatic rings. The molecule has 0 saturated carbocycles. The van der Waals surface area contributed by atoms with Crippen LogP contribution in [0.15, 0.2) is 50.7 Å². The molecule has 0 N–H and O–H groups in total. The van der Waals surface area contributed by atoms with Crippen molar-refractivity contribution in [3.05, 3.63) is 62.7 Å². The van der Waals surface area contributed by atoms with Gasteiger partial charge in [0, 0.05) is 16.3 Å². The first-order valence-corrected chi connectivity index (χ1v) is 11.7. The minimum atomic E-state index is -0.916. The molecule has 0 radical (unpaired) electrons. The Kier molecular flexibility index (Phi) is 6.32. The lowest BCUT2D eigenvalue weighted by Crippen LogP contribution is -2.13. The van der Waals surface area contributed by atoms with E-state index in [4.69, 9.17) is 4.42 Å². The van der Waals surface area contributed by atoms with Crippen LogP contribution in [0.1, 0.15) is 27.5 Å². The number of nitriles is 1. The van der Waals surface area contributed by atoms with Crippen LogP contribution in [0.3, 0.4) is 0 Å². The van der Waals surface area contributed by atoms with Gasteiger partial charge >= 0.3 is 0 Å². The maximum atomic E-state index is 12.6. The number of nitrogens with zero attached hydrogens (tertiary/aromatic N) is 5. The molecule has 0 aliphatic heterocycles. The lowest BCUT2D eigenvalue weighted by Gasteiger charge is -2.03. The predicted octanol–water partition coefficient (Wildman–Crippen LogP) is 4.52. The Morgan fingerprint density at radius 3 is 2.77 bits per heavy atom. The summed E-state index contributed by atoms with van der Waals surface area (Å²) in [7, 11) is 0. The number of aryl methyl sites for hydroxylation is 1. The SMILES string of the molecule is Cc1nc(Cc2nnc(SCC(=O)C(C#N)c3nc(-c4ccccc4)cs3)o2)cs1. The van der Waals surface area contributed by atoms with Crippen LogP contribution in [0.2, 0.25) is 0 Å². The lowest BCUT2D eigenvalue weighted by atomic mass is 10.1. The molecule has 30 heavy (non-hydrogen) atoms. The van der Waals surface area contributed by atoms with Gasteiger partial charge in [0.05, 0.1) is 34.6 Å². The fourth-order valence-corrected chi connectivity index (χ4v) is 4.85. The number of Topliss-reactive ketones (excluding diaryl/α,β-unsaturated/α-hetero) is 1. The minimum Gasteiger partial charge on any atom is -0.416 e. The van der Waals surface area contributed by atoms with E-state index in [2.05, 4.69) is 26.2 Å². The van der Waals surface area contributed by atoms with Crippen molar-refractivity contribution in [3.63, 3.8) is 0 Å². The summed E-state index contributed by atoms with van der Waals surface area (Å²) < 4.78 is 5.59. The molecule has 1 aromatic carbocycles. The van der Waals surface area contributed by atoms with E-state index in [1.165, 1.54) is 11.3 Å². The third kappa shape index (κ3) is 4.81. The molecule has 1 unspecified atom stereocenters. The zero-order chi connectivity index (χ0) is 20.9. The molecule has 0 amide bonds. The van der Waals surface area contributed by atoms with Gasteiger partial charge in [-0.25, -0.2) is 9.97 Å². The van der Waals surface area contributed by atoms with Crippen molar-refractivity contribution in [2.24, 2.45) is 0 Å². The van der Waals surface area contributed by atoms with Gasteiger partial charge in [-0.05, 0) is 6.92 Å². The summed E-state index contributed by atoms with van der Waals surface area (Å²) in [6.07, 6.45) is 0.452. The average Bonchev–Trinajstić information content (AvgIpc) is 3.50. The highest BCUT2D eigenvalue weighted by Crippen LogP contribution is 2.28. The third-order valence-electron chi connectivity index (χ3n) is 4.07. The van der Waals surface area contributed by atoms with Gasteiger partial charge in [-0.3, -0.25) is 4.79 Å². The Bertz CT molecular complexity index is 1190. The number of benzene rings is 1. The molecule has 4 rings (SSSR count). The monoisotopic (exact) mass is 453 g/mol. The van der Waals surface area contributed by atoms with E-state index in [9.17, 15) is 10.1 Å². The van der Waals surface area contributed by atoms with Crippen molar-refractivity contribution in [1.29, 1.82) is 5.26 Å². The first-order valence-electron chi connectivity index (χ1n) is 8.91. The fraction of sp³-hybridized carbons (Fsp3) is 0.200. The second-order valence-corrected chi connectivity index (χ2v) is 9.13. The van der Waals surface area contributed by atoms with Gasteiger partial charge < -0.3 is 4.42 Å². The number of hydrogen-bond acceptors (Lipinski definition) is 10. The molecule has 0 saturated heterocycles. The van der Waals surface area contributed by atoms with Crippen LogP contribution in [0.5, 0.6) is 0 Å². The molecule has 1 atom stereocenters. The Morgan fingerprint density at radius 1 is 1.20 bits per heavy atom. The highest BCUT2D eigenvalue weighted by atomic mass is 32.2. The second kappa shape index (κ2) is 9.30. The molecule has 10 heteroatoms. The number of hydrogen-bond donors (Lipinski definition) is 0. The summed E-state index contributed by atoms with van der Waals surface area (Å²) in [5.74, 6) is -0.665. The van der Waals surface area contributed by atoms with E-state index in [1.807, 2.05) is 48.0 Å². The molecule has 4 aromatic rings. The number of thioether (sulfide) groups is 1. The number of thiazole rings is 2. The Morgan fingerprint density at radius 2 is 2.03 bits per heavy atom. The Balaban J connectivity index is 1.37. The van der Waals surface area contributed by atoms with Crippen molar-refractivity contribution < 1.29 is 9.21 Å². The molecule has 7 nitrogen and oxygen atoms in total. The lowest BCUT2D eigenvalue weighted by molar-refractivity contribution is -0.116. The van der Waals surface area contributed by atoms with Crippen LogP contribution in [-0.2, 0) is 11.2 Å². The van der Waals surface area contributed by atoms with Crippen LogP contribution >= 0.6 is 34.4 Å². The van der Waals surface area contributed by atoms with Crippen molar-refractivity contribution in [3.8, 4) is 17.3 Å². The van der Waals surface area contributed by atoms with Gasteiger partial charge in [0.25, 0.3) is 5.22 Å². The topological polar surface area (TPSA) is 106 Å². The minimum absolute atomic E-state index is 0.0515. The highest BCUT2D eigenvalue weighted by molar-refractivity contribution is 7.99. The van der Waals surface area contributed by atoms with Gasteiger partial charge in [-0.15, -0.1) is 32.9 Å². The van der Waals surface area contributed by atoms with Crippen LogP contribution in [-0.4, -0.2) is 31.7 Å².